The van der Waals surface area contributed by atoms with Gasteiger partial charge in [0.25, 0.3) is 0 Å². The summed E-state index contributed by atoms with van der Waals surface area (Å²) in [6.45, 7) is -0.400. The van der Waals surface area contributed by atoms with Crippen LogP contribution in [0.5, 0.6) is 0 Å². The second-order valence-corrected chi connectivity index (χ2v) is 4.12. The molecule has 0 bridgehead atoms. The molecular formula is C9H15F3N2O2. The van der Waals surface area contributed by atoms with Gasteiger partial charge in [-0.1, -0.05) is 0 Å². The van der Waals surface area contributed by atoms with Gasteiger partial charge in [-0.05, 0) is 12.8 Å². The normalized spacial score (nSPS) is 30.6. The fraction of sp³-hybridized carbons (Fsp3) is 0.889. The molecule has 1 fully saturated rings. The minimum atomic E-state index is -4.22. The zero-order chi connectivity index (χ0) is 12.4. The summed E-state index contributed by atoms with van der Waals surface area (Å²) in [4.78, 5) is 11.0. The molecule has 7 heteroatoms. The molecule has 0 radical (unpaired) electrons. The molecule has 1 saturated carbocycles. The molecular weight excluding hydrogens is 225 g/mol. The van der Waals surface area contributed by atoms with Gasteiger partial charge in [-0.2, -0.15) is 13.2 Å². The number of halogens is 3. The number of hydrogen-bond donors (Lipinski definition) is 2. The summed E-state index contributed by atoms with van der Waals surface area (Å²) in [5.74, 6) is -0.630. The van der Waals surface area contributed by atoms with E-state index in [1.807, 2.05) is 0 Å². The van der Waals surface area contributed by atoms with Crippen LogP contribution >= 0.6 is 0 Å². The van der Waals surface area contributed by atoms with Gasteiger partial charge in [-0.15, -0.1) is 0 Å². The SMILES string of the molecule is NC(=O)C1(N)CCC(OCCC(F)(F)F)C1. The smallest absolute Gasteiger partial charge is 0.378 e. The number of alkyl halides is 3. The van der Waals surface area contributed by atoms with Crippen molar-refractivity contribution in [3.63, 3.8) is 0 Å². The van der Waals surface area contributed by atoms with Crippen LogP contribution in [0.2, 0.25) is 0 Å². The van der Waals surface area contributed by atoms with Gasteiger partial charge < -0.3 is 16.2 Å². The van der Waals surface area contributed by atoms with Crippen molar-refractivity contribution < 1.29 is 22.7 Å². The Kier molecular flexibility index (Phi) is 3.80. The van der Waals surface area contributed by atoms with Crippen molar-refractivity contribution in [3.8, 4) is 0 Å². The lowest BCUT2D eigenvalue weighted by molar-refractivity contribution is -0.149. The van der Waals surface area contributed by atoms with E-state index in [0.717, 1.165) is 0 Å². The molecule has 1 aliphatic carbocycles. The van der Waals surface area contributed by atoms with Gasteiger partial charge in [0.05, 0.1) is 24.7 Å². The summed E-state index contributed by atoms with van der Waals surface area (Å²) in [5, 5.41) is 0. The number of carbonyl (C=O) groups is 1. The van der Waals surface area contributed by atoms with Crippen LogP contribution < -0.4 is 11.5 Å². The van der Waals surface area contributed by atoms with Gasteiger partial charge in [-0.25, -0.2) is 0 Å². The van der Waals surface area contributed by atoms with Crippen LogP contribution in [-0.2, 0) is 9.53 Å². The van der Waals surface area contributed by atoms with E-state index in [2.05, 4.69) is 0 Å². The molecule has 2 unspecified atom stereocenters. The fourth-order valence-electron chi connectivity index (χ4n) is 1.74. The van der Waals surface area contributed by atoms with E-state index in [-0.39, 0.29) is 6.42 Å². The monoisotopic (exact) mass is 240 g/mol. The molecule has 2 atom stereocenters. The Bertz CT molecular complexity index is 270. The molecule has 0 spiro atoms. The van der Waals surface area contributed by atoms with Gasteiger partial charge >= 0.3 is 6.18 Å². The van der Waals surface area contributed by atoms with Gasteiger partial charge in [0.2, 0.25) is 5.91 Å². The Morgan fingerprint density at radius 3 is 2.56 bits per heavy atom. The molecule has 1 amide bonds. The number of carbonyl (C=O) groups excluding carboxylic acids is 1. The molecule has 4 N–H and O–H groups in total. The average molecular weight is 240 g/mol. The van der Waals surface area contributed by atoms with Crippen LogP contribution in [0.25, 0.3) is 0 Å². The van der Waals surface area contributed by atoms with E-state index in [9.17, 15) is 18.0 Å². The lowest BCUT2D eigenvalue weighted by Crippen LogP contribution is -2.50. The lowest BCUT2D eigenvalue weighted by Gasteiger charge is -2.19. The number of nitrogens with two attached hydrogens (primary N) is 2. The molecule has 4 nitrogen and oxygen atoms in total. The Hall–Kier alpha value is -0.820. The van der Waals surface area contributed by atoms with Gasteiger partial charge in [0.15, 0.2) is 0 Å². The van der Waals surface area contributed by atoms with Gasteiger partial charge in [0, 0.05) is 6.42 Å². The topological polar surface area (TPSA) is 78.3 Å². The van der Waals surface area contributed by atoms with Crippen molar-refractivity contribution in [1.82, 2.24) is 0 Å². The molecule has 16 heavy (non-hydrogen) atoms. The summed E-state index contributed by atoms with van der Waals surface area (Å²) in [6.07, 6.45) is -4.59. The number of primary amides is 1. The van der Waals surface area contributed by atoms with Crippen molar-refractivity contribution in [3.05, 3.63) is 0 Å². The third-order valence-electron chi connectivity index (χ3n) is 2.73. The van der Waals surface area contributed by atoms with Crippen LogP contribution in [0.1, 0.15) is 25.7 Å². The first-order chi connectivity index (χ1) is 7.23. The Labute approximate surface area is 91.1 Å². The second-order valence-electron chi connectivity index (χ2n) is 4.12. The lowest BCUT2D eigenvalue weighted by atomic mass is 9.99. The Morgan fingerprint density at radius 1 is 1.50 bits per heavy atom. The van der Waals surface area contributed by atoms with Crippen molar-refractivity contribution >= 4 is 5.91 Å². The van der Waals surface area contributed by atoms with E-state index < -0.39 is 36.8 Å². The van der Waals surface area contributed by atoms with Crippen LogP contribution in [0.3, 0.4) is 0 Å². The summed E-state index contributed by atoms with van der Waals surface area (Å²) < 4.78 is 40.5. The van der Waals surface area contributed by atoms with E-state index >= 15 is 0 Å². The molecule has 1 rings (SSSR count). The van der Waals surface area contributed by atoms with Crippen LogP contribution in [0, 0.1) is 0 Å². The van der Waals surface area contributed by atoms with E-state index in [4.69, 9.17) is 16.2 Å². The molecule has 0 aromatic heterocycles. The molecule has 0 heterocycles. The van der Waals surface area contributed by atoms with Crippen LogP contribution in [0.15, 0.2) is 0 Å². The number of amides is 1. The summed E-state index contributed by atoms with van der Waals surface area (Å²) in [6, 6.07) is 0. The molecule has 0 aromatic rings. The highest BCUT2D eigenvalue weighted by Crippen LogP contribution is 2.30. The first kappa shape index (κ1) is 13.2. The maximum absolute atomic E-state index is 11.8. The summed E-state index contributed by atoms with van der Waals surface area (Å²) in [5.41, 5.74) is 9.64. The van der Waals surface area contributed by atoms with E-state index in [1.165, 1.54) is 0 Å². The second kappa shape index (κ2) is 4.58. The minimum absolute atomic E-state index is 0.195. The standard InChI is InChI=1S/C9H15F3N2O2/c10-9(11,12)3-4-16-6-1-2-8(14,5-6)7(13)15/h6H,1-5,14H2,(H2,13,15). The first-order valence-corrected chi connectivity index (χ1v) is 5.00. The first-order valence-electron chi connectivity index (χ1n) is 5.00. The average Bonchev–Trinajstić information content (AvgIpc) is 2.47. The van der Waals surface area contributed by atoms with E-state index in [1.54, 1.807) is 0 Å². The highest BCUT2D eigenvalue weighted by atomic mass is 19.4. The van der Waals surface area contributed by atoms with Gasteiger partial charge in [0.1, 0.15) is 0 Å². The zero-order valence-electron chi connectivity index (χ0n) is 8.72. The van der Waals surface area contributed by atoms with E-state index in [0.29, 0.717) is 12.8 Å². The number of hydrogen-bond acceptors (Lipinski definition) is 3. The summed E-state index contributed by atoms with van der Waals surface area (Å²) >= 11 is 0. The predicted octanol–water partition coefficient (Wildman–Crippen LogP) is 0.691. The maximum Gasteiger partial charge on any atom is 0.391 e. The minimum Gasteiger partial charge on any atom is -0.378 e. The molecule has 94 valence electrons. The predicted molar refractivity (Wildman–Crippen MR) is 50.4 cm³/mol. The van der Waals surface area contributed by atoms with Crippen molar-refractivity contribution in [2.75, 3.05) is 6.61 Å². The van der Waals surface area contributed by atoms with Crippen molar-refractivity contribution in [2.24, 2.45) is 11.5 Å². The Morgan fingerprint density at radius 2 is 2.12 bits per heavy atom. The molecule has 0 aliphatic heterocycles. The van der Waals surface area contributed by atoms with Crippen molar-refractivity contribution in [1.29, 1.82) is 0 Å². The molecule has 0 aromatic carbocycles. The summed E-state index contributed by atoms with van der Waals surface area (Å²) in [7, 11) is 0. The number of rotatable bonds is 4. The molecule has 1 aliphatic rings. The quantitative estimate of drug-likeness (QED) is 0.758. The number of ether oxygens (including phenoxy) is 1. The molecule has 0 saturated heterocycles. The van der Waals surface area contributed by atoms with Crippen molar-refractivity contribution in [2.45, 2.75) is 43.5 Å². The third kappa shape index (κ3) is 3.64. The Balaban J connectivity index is 2.30. The fourth-order valence-corrected chi connectivity index (χ4v) is 1.74. The highest BCUT2D eigenvalue weighted by Gasteiger charge is 2.41. The third-order valence-corrected chi connectivity index (χ3v) is 2.73. The zero-order valence-corrected chi connectivity index (χ0v) is 8.72. The largest absolute Gasteiger partial charge is 0.391 e. The maximum atomic E-state index is 11.8. The highest BCUT2D eigenvalue weighted by molar-refractivity contribution is 5.84. The van der Waals surface area contributed by atoms with Crippen LogP contribution in [-0.4, -0.2) is 30.3 Å². The van der Waals surface area contributed by atoms with Gasteiger partial charge in [-0.3, -0.25) is 4.79 Å². The van der Waals surface area contributed by atoms with Crippen LogP contribution in [0.4, 0.5) is 13.2 Å².